The largest absolute Gasteiger partial charge is 0.323 e. The molecule has 1 amide bonds. The normalized spacial score (nSPS) is 10.9. The maximum Gasteiger partial charge on any atom is 0.248 e. The highest BCUT2D eigenvalue weighted by Gasteiger charge is 2.01. The number of nitrogens with zero attached hydrogens (tertiary/aromatic N) is 2. The van der Waals surface area contributed by atoms with E-state index in [2.05, 4.69) is 36.4 Å². The van der Waals surface area contributed by atoms with Crippen LogP contribution in [0.3, 0.4) is 0 Å². The van der Waals surface area contributed by atoms with Crippen molar-refractivity contribution >= 4 is 45.4 Å². The van der Waals surface area contributed by atoms with Crippen molar-refractivity contribution in [3.8, 4) is 0 Å². The van der Waals surface area contributed by atoms with Crippen molar-refractivity contribution in [3.63, 3.8) is 0 Å². The molecular weight excluding hydrogens is 340 g/mol. The fraction of sp³-hybridized carbons (Fsp3) is 0.154. The number of amides is 1. The zero-order chi connectivity index (χ0) is 14.4. The molecule has 2 rings (SSSR count). The number of carbonyl (C=O) groups excluding carboxylic acids is 1. The van der Waals surface area contributed by atoms with Crippen molar-refractivity contribution in [2.75, 3.05) is 11.1 Å². The molecule has 5 nitrogen and oxygen atoms in total. The summed E-state index contributed by atoms with van der Waals surface area (Å²) in [6.07, 6.45) is 3.02. The van der Waals surface area contributed by atoms with Crippen LogP contribution in [0.15, 0.2) is 40.0 Å². The Bertz CT molecular complexity index is 609. The summed E-state index contributed by atoms with van der Waals surface area (Å²) >= 11 is 4.88. The predicted molar refractivity (Wildman–Crippen MR) is 84.6 cm³/mol. The van der Waals surface area contributed by atoms with Gasteiger partial charge < -0.3 is 5.32 Å². The van der Waals surface area contributed by atoms with E-state index in [-0.39, 0.29) is 5.91 Å². The van der Waals surface area contributed by atoms with Gasteiger partial charge in [0.15, 0.2) is 0 Å². The van der Waals surface area contributed by atoms with Crippen LogP contribution in [0.25, 0.3) is 6.08 Å². The molecule has 0 aliphatic heterocycles. The first-order valence-electron chi connectivity index (χ1n) is 5.97. The van der Waals surface area contributed by atoms with Gasteiger partial charge >= 0.3 is 0 Å². The maximum atomic E-state index is 11.7. The lowest BCUT2D eigenvalue weighted by atomic mass is 10.3. The Kier molecular flexibility index (Phi) is 5.37. The van der Waals surface area contributed by atoms with Gasteiger partial charge in [-0.25, -0.2) is 4.98 Å². The van der Waals surface area contributed by atoms with Gasteiger partial charge in [0, 0.05) is 16.2 Å². The Morgan fingerprint density at radius 3 is 2.90 bits per heavy atom. The molecule has 0 bridgehead atoms. The fourth-order valence-corrected chi connectivity index (χ4v) is 2.19. The van der Waals surface area contributed by atoms with Crippen LogP contribution < -0.4 is 5.32 Å². The van der Waals surface area contributed by atoms with E-state index in [1.807, 2.05) is 31.2 Å². The van der Waals surface area contributed by atoms with Crippen LogP contribution in [0, 0.1) is 0 Å². The highest BCUT2D eigenvalue weighted by atomic mass is 79.9. The van der Waals surface area contributed by atoms with Gasteiger partial charge in [0.05, 0.1) is 0 Å². The molecule has 7 heteroatoms. The van der Waals surface area contributed by atoms with E-state index in [9.17, 15) is 4.79 Å². The van der Waals surface area contributed by atoms with E-state index >= 15 is 0 Å². The minimum atomic E-state index is -0.214. The standard InChI is InChI=1S/C13H13BrN4OS/c1-2-20-13-16-11(17-18-13)7-8-12(19)15-10-5-3-9(14)4-6-10/h3-8H,2H2,1H3,(H,15,19)(H,16,17,18)/b8-7-. The Balaban J connectivity index is 1.92. The lowest BCUT2D eigenvalue weighted by molar-refractivity contribution is -0.111. The van der Waals surface area contributed by atoms with E-state index in [0.29, 0.717) is 11.0 Å². The zero-order valence-corrected chi connectivity index (χ0v) is 13.2. The van der Waals surface area contributed by atoms with Gasteiger partial charge in [-0.2, -0.15) is 0 Å². The van der Waals surface area contributed by atoms with Gasteiger partial charge in [-0.3, -0.25) is 9.89 Å². The average Bonchev–Trinajstić information content (AvgIpc) is 2.87. The van der Waals surface area contributed by atoms with Crippen LogP contribution in [0.4, 0.5) is 5.69 Å². The third kappa shape index (κ3) is 4.50. The summed E-state index contributed by atoms with van der Waals surface area (Å²) in [5.41, 5.74) is 0.739. The number of benzene rings is 1. The second-order valence-electron chi connectivity index (χ2n) is 3.77. The second-order valence-corrected chi connectivity index (χ2v) is 5.91. The lowest BCUT2D eigenvalue weighted by Gasteiger charge is -2.01. The van der Waals surface area contributed by atoms with E-state index in [0.717, 1.165) is 15.9 Å². The topological polar surface area (TPSA) is 70.7 Å². The summed E-state index contributed by atoms with van der Waals surface area (Å²) in [7, 11) is 0. The first-order valence-corrected chi connectivity index (χ1v) is 7.75. The van der Waals surface area contributed by atoms with Gasteiger partial charge in [0.25, 0.3) is 0 Å². The SMILES string of the molecule is CCSc1n[nH]c(/C=C\C(=O)Nc2ccc(Br)cc2)n1. The van der Waals surface area contributed by atoms with E-state index in [1.54, 1.807) is 17.8 Å². The van der Waals surface area contributed by atoms with Gasteiger partial charge in [-0.15, -0.1) is 5.10 Å². The number of carbonyl (C=O) groups is 1. The molecule has 20 heavy (non-hydrogen) atoms. The number of aromatic amines is 1. The van der Waals surface area contributed by atoms with Crippen molar-refractivity contribution in [1.82, 2.24) is 15.2 Å². The molecule has 1 heterocycles. The molecule has 0 fully saturated rings. The van der Waals surface area contributed by atoms with Gasteiger partial charge in [0.1, 0.15) is 5.82 Å². The van der Waals surface area contributed by atoms with Crippen LogP contribution in [0.5, 0.6) is 0 Å². The van der Waals surface area contributed by atoms with Gasteiger partial charge in [-0.05, 0) is 36.1 Å². The molecular formula is C13H13BrN4OS. The number of aromatic nitrogens is 3. The smallest absolute Gasteiger partial charge is 0.248 e. The molecule has 0 spiro atoms. The molecule has 0 aliphatic rings. The van der Waals surface area contributed by atoms with Crippen LogP contribution >= 0.6 is 27.7 Å². The maximum absolute atomic E-state index is 11.7. The van der Waals surface area contributed by atoms with Gasteiger partial charge in [0.2, 0.25) is 11.1 Å². The lowest BCUT2D eigenvalue weighted by Crippen LogP contribution is -2.07. The average molecular weight is 353 g/mol. The van der Waals surface area contributed by atoms with Crippen molar-refractivity contribution in [2.45, 2.75) is 12.1 Å². The Morgan fingerprint density at radius 2 is 2.20 bits per heavy atom. The highest BCUT2D eigenvalue weighted by Crippen LogP contribution is 2.14. The Morgan fingerprint density at radius 1 is 1.45 bits per heavy atom. The van der Waals surface area contributed by atoms with E-state index in [1.165, 1.54) is 6.08 Å². The van der Waals surface area contributed by atoms with Crippen molar-refractivity contribution in [3.05, 3.63) is 40.6 Å². The molecule has 0 aliphatic carbocycles. The number of anilines is 1. The monoisotopic (exact) mass is 352 g/mol. The number of nitrogens with one attached hydrogen (secondary N) is 2. The molecule has 2 aromatic rings. The quantitative estimate of drug-likeness (QED) is 0.639. The number of halogens is 1. The molecule has 0 saturated carbocycles. The number of rotatable bonds is 5. The summed E-state index contributed by atoms with van der Waals surface area (Å²) in [5.74, 6) is 1.26. The first kappa shape index (κ1) is 14.8. The van der Waals surface area contributed by atoms with Crippen LogP contribution in [0.2, 0.25) is 0 Å². The second kappa shape index (κ2) is 7.25. The fourth-order valence-electron chi connectivity index (χ4n) is 1.40. The minimum Gasteiger partial charge on any atom is -0.323 e. The molecule has 0 unspecified atom stereocenters. The molecule has 1 aromatic heterocycles. The Labute approximate surface area is 129 Å². The van der Waals surface area contributed by atoms with Crippen molar-refractivity contribution in [1.29, 1.82) is 0 Å². The molecule has 0 saturated heterocycles. The van der Waals surface area contributed by atoms with Crippen LogP contribution in [0.1, 0.15) is 12.7 Å². The highest BCUT2D eigenvalue weighted by molar-refractivity contribution is 9.10. The number of H-pyrrole nitrogens is 1. The summed E-state index contributed by atoms with van der Waals surface area (Å²) in [4.78, 5) is 15.9. The summed E-state index contributed by atoms with van der Waals surface area (Å²) < 4.78 is 0.966. The third-order valence-corrected chi connectivity index (χ3v) is 3.52. The molecule has 1 aromatic carbocycles. The zero-order valence-electron chi connectivity index (χ0n) is 10.8. The van der Waals surface area contributed by atoms with E-state index < -0.39 is 0 Å². The predicted octanol–water partition coefficient (Wildman–Crippen LogP) is 3.33. The third-order valence-electron chi connectivity index (χ3n) is 2.26. The molecule has 0 atom stereocenters. The molecule has 104 valence electrons. The summed E-state index contributed by atoms with van der Waals surface area (Å²) in [5, 5.41) is 10.2. The van der Waals surface area contributed by atoms with Crippen LogP contribution in [-0.4, -0.2) is 26.8 Å². The first-order chi connectivity index (χ1) is 9.67. The van der Waals surface area contributed by atoms with E-state index in [4.69, 9.17) is 0 Å². The Hall–Kier alpha value is -1.60. The van der Waals surface area contributed by atoms with Crippen LogP contribution in [-0.2, 0) is 4.79 Å². The number of hydrogen-bond donors (Lipinski definition) is 2. The van der Waals surface area contributed by atoms with Crippen molar-refractivity contribution < 1.29 is 4.79 Å². The molecule has 0 radical (unpaired) electrons. The summed E-state index contributed by atoms with van der Waals surface area (Å²) in [6, 6.07) is 7.37. The number of thioether (sulfide) groups is 1. The molecule has 2 N–H and O–H groups in total. The van der Waals surface area contributed by atoms with Crippen molar-refractivity contribution in [2.24, 2.45) is 0 Å². The van der Waals surface area contributed by atoms with Gasteiger partial charge in [-0.1, -0.05) is 34.6 Å². The summed E-state index contributed by atoms with van der Waals surface area (Å²) in [6.45, 7) is 2.03. The minimum absolute atomic E-state index is 0.214. The number of hydrogen-bond acceptors (Lipinski definition) is 4.